The fourth-order valence-corrected chi connectivity index (χ4v) is 2.19. The second kappa shape index (κ2) is 27.3. The molecule has 0 spiro atoms. The molecule has 126 valence electrons. The smallest absolute Gasteiger partial charge is 0.0428 e. The van der Waals surface area contributed by atoms with Gasteiger partial charge in [0.05, 0.1) is 0 Å². The molecule has 0 bridgehead atoms. The van der Waals surface area contributed by atoms with Crippen molar-refractivity contribution in [2.45, 2.75) is 112 Å². The van der Waals surface area contributed by atoms with Gasteiger partial charge in [-0.3, -0.25) is 0 Å². The molecule has 1 nitrogen and oxygen atoms in total. The number of aliphatic hydroxyl groups excluding tert-OH is 1. The minimum absolute atomic E-state index is 0.319. The van der Waals surface area contributed by atoms with E-state index in [0.29, 0.717) is 6.61 Å². The van der Waals surface area contributed by atoms with Crippen LogP contribution < -0.4 is 0 Å². The molecule has 2 saturated carbocycles. The van der Waals surface area contributed by atoms with E-state index in [0.717, 1.165) is 12.3 Å². The van der Waals surface area contributed by atoms with E-state index in [1.165, 1.54) is 64.2 Å². The summed E-state index contributed by atoms with van der Waals surface area (Å²) in [7, 11) is 0. The Bertz CT molecular complexity index is 103. The minimum Gasteiger partial charge on any atom is -0.396 e. The zero-order valence-electron chi connectivity index (χ0n) is 15.5. The summed E-state index contributed by atoms with van der Waals surface area (Å²) in [4.78, 5) is 0. The Kier molecular flexibility index (Phi) is 34.1. The third kappa shape index (κ3) is 26.5. The first-order valence-electron chi connectivity index (χ1n) is 9.42. The SMILES string of the molecule is C1CCCC1.CC.CC.CC1CCCCC1.CCCO. The van der Waals surface area contributed by atoms with Crippen LogP contribution in [0.15, 0.2) is 0 Å². The highest BCUT2D eigenvalue weighted by Gasteiger charge is 2.05. The lowest BCUT2D eigenvalue weighted by molar-refractivity contribution is 0.295. The molecule has 2 aliphatic rings. The largest absolute Gasteiger partial charge is 0.396 e. The summed E-state index contributed by atoms with van der Waals surface area (Å²) >= 11 is 0. The molecule has 1 heteroatoms. The summed E-state index contributed by atoms with van der Waals surface area (Å²) in [5, 5.41) is 7.88. The molecule has 0 amide bonds. The first-order valence-corrected chi connectivity index (χ1v) is 9.42. The van der Waals surface area contributed by atoms with E-state index in [1.807, 2.05) is 34.6 Å². The number of aliphatic hydroxyl groups is 1. The summed E-state index contributed by atoms with van der Waals surface area (Å²) < 4.78 is 0. The highest BCUT2D eigenvalue weighted by molar-refractivity contribution is 4.59. The van der Waals surface area contributed by atoms with Gasteiger partial charge in [-0.15, -0.1) is 0 Å². The zero-order chi connectivity index (χ0) is 16.1. The average molecular weight is 289 g/mol. The van der Waals surface area contributed by atoms with Gasteiger partial charge in [-0.2, -0.15) is 0 Å². The van der Waals surface area contributed by atoms with Gasteiger partial charge in [-0.25, -0.2) is 0 Å². The molecule has 1 N–H and O–H groups in total. The van der Waals surface area contributed by atoms with Gasteiger partial charge in [0.25, 0.3) is 0 Å². The van der Waals surface area contributed by atoms with Crippen LogP contribution >= 0.6 is 0 Å². The second-order valence-corrected chi connectivity index (χ2v) is 5.23. The molecule has 0 atom stereocenters. The fourth-order valence-electron chi connectivity index (χ4n) is 2.19. The van der Waals surface area contributed by atoms with E-state index < -0.39 is 0 Å². The molecule has 2 rings (SSSR count). The van der Waals surface area contributed by atoms with Crippen molar-refractivity contribution < 1.29 is 5.11 Å². The van der Waals surface area contributed by atoms with Crippen LogP contribution in [0.3, 0.4) is 0 Å². The van der Waals surface area contributed by atoms with E-state index >= 15 is 0 Å². The predicted octanol–water partition coefficient (Wildman–Crippen LogP) is 6.98. The van der Waals surface area contributed by atoms with Crippen molar-refractivity contribution in [2.24, 2.45) is 5.92 Å². The summed E-state index contributed by atoms with van der Waals surface area (Å²) in [5.41, 5.74) is 0. The van der Waals surface area contributed by atoms with Crippen LogP contribution in [0.4, 0.5) is 0 Å². The van der Waals surface area contributed by atoms with Gasteiger partial charge >= 0.3 is 0 Å². The Labute approximate surface area is 130 Å². The van der Waals surface area contributed by atoms with Crippen LogP contribution in [0.25, 0.3) is 0 Å². The Morgan fingerprint density at radius 3 is 1.10 bits per heavy atom. The number of hydrogen-bond acceptors (Lipinski definition) is 1. The topological polar surface area (TPSA) is 20.2 Å². The Hall–Kier alpha value is -0.0400. The predicted molar refractivity (Wildman–Crippen MR) is 95.4 cm³/mol. The maximum atomic E-state index is 7.88. The van der Waals surface area contributed by atoms with Crippen molar-refractivity contribution in [3.63, 3.8) is 0 Å². The molecule has 20 heavy (non-hydrogen) atoms. The monoisotopic (exact) mass is 288 g/mol. The number of rotatable bonds is 1. The third-order valence-electron chi connectivity index (χ3n) is 3.37. The molecule has 0 unspecified atom stereocenters. The molecule has 0 aliphatic heterocycles. The van der Waals surface area contributed by atoms with Crippen molar-refractivity contribution in [3.8, 4) is 0 Å². The molecule has 0 radical (unpaired) electrons. The fraction of sp³-hybridized carbons (Fsp3) is 1.00. The van der Waals surface area contributed by atoms with Gasteiger partial charge in [-0.1, -0.05) is 106 Å². The molecule has 0 aromatic carbocycles. The normalized spacial score (nSPS) is 16.9. The molecule has 0 aromatic rings. The summed E-state index contributed by atoms with van der Waals surface area (Å²) in [6, 6.07) is 0. The lowest BCUT2D eigenvalue weighted by Crippen LogP contribution is -1.99. The molecule has 0 saturated heterocycles. The van der Waals surface area contributed by atoms with Gasteiger partial charge in [0.1, 0.15) is 0 Å². The summed E-state index contributed by atoms with van der Waals surface area (Å²) in [6.07, 6.45) is 15.8. The summed E-state index contributed by atoms with van der Waals surface area (Å²) in [6.45, 7) is 12.6. The van der Waals surface area contributed by atoms with Gasteiger partial charge in [-0.05, 0) is 12.3 Å². The van der Waals surface area contributed by atoms with Crippen LogP contribution in [-0.4, -0.2) is 11.7 Å². The molecular formula is C19H44O. The quantitative estimate of drug-likeness (QED) is 0.552. The Morgan fingerprint density at radius 1 is 0.700 bits per heavy atom. The highest BCUT2D eigenvalue weighted by atomic mass is 16.2. The van der Waals surface area contributed by atoms with E-state index in [4.69, 9.17) is 5.11 Å². The Morgan fingerprint density at radius 2 is 0.950 bits per heavy atom. The minimum atomic E-state index is 0.319. The molecule has 0 aromatic heterocycles. The first-order chi connectivity index (χ1) is 9.81. The van der Waals surface area contributed by atoms with Crippen LogP contribution in [-0.2, 0) is 0 Å². The Balaban J connectivity index is -0.000000199. The molecule has 2 fully saturated rings. The van der Waals surface area contributed by atoms with Crippen LogP contribution in [0.1, 0.15) is 112 Å². The highest BCUT2D eigenvalue weighted by Crippen LogP contribution is 2.22. The van der Waals surface area contributed by atoms with Gasteiger partial charge in [0, 0.05) is 6.61 Å². The summed E-state index contributed by atoms with van der Waals surface area (Å²) in [5.74, 6) is 1.04. The standard InChI is InChI=1S/C7H14.C5H10.C3H8O.2C2H6/c1-7-5-3-2-4-6-7;1-2-4-5-3-1;1-2-3-4;2*1-2/h7H,2-6H2,1H3;1-5H2;4H,2-3H2,1H3;2*1-2H3. The van der Waals surface area contributed by atoms with Crippen molar-refractivity contribution in [3.05, 3.63) is 0 Å². The van der Waals surface area contributed by atoms with E-state index in [-0.39, 0.29) is 0 Å². The first kappa shape index (κ1) is 24.9. The van der Waals surface area contributed by atoms with Crippen LogP contribution in [0.5, 0.6) is 0 Å². The number of hydrogen-bond donors (Lipinski definition) is 1. The van der Waals surface area contributed by atoms with Crippen molar-refractivity contribution in [2.75, 3.05) is 6.61 Å². The molecular weight excluding hydrogens is 244 g/mol. The maximum absolute atomic E-state index is 7.88. The lowest BCUT2D eigenvalue weighted by Gasteiger charge is -2.15. The van der Waals surface area contributed by atoms with Crippen molar-refractivity contribution in [1.82, 2.24) is 0 Å². The van der Waals surface area contributed by atoms with E-state index in [9.17, 15) is 0 Å². The average Bonchev–Trinajstić information content (AvgIpc) is 3.12. The van der Waals surface area contributed by atoms with Crippen molar-refractivity contribution >= 4 is 0 Å². The van der Waals surface area contributed by atoms with E-state index in [2.05, 4.69) is 6.92 Å². The zero-order valence-corrected chi connectivity index (χ0v) is 15.5. The maximum Gasteiger partial charge on any atom is 0.0428 e. The molecule has 0 heterocycles. The van der Waals surface area contributed by atoms with Crippen molar-refractivity contribution in [1.29, 1.82) is 0 Å². The van der Waals surface area contributed by atoms with E-state index in [1.54, 1.807) is 0 Å². The lowest BCUT2D eigenvalue weighted by atomic mass is 9.91. The van der Waals surface area contributed by atoms with Crippen LogP contribution in [0, 0.1) is 5.92 Å². The van der Waals surface area contributed by atoms with Gasteiger partial charge in [0.2, 0.25) is 0 Å². The van der Waals surface area contributed by atoms with Crippen LogP contribution in [0.2, 0.25) is 0 Å². The van der Waals surface area contributed by atoms with Gasteiger partial charge < -0.3 is 5.11 Å². The molecule has 2 aliphatic carbocycles. The van der Waals surface area contributed by atoms with Gasteiger partial charge in [0.15, 0.2) is 0 Å². The third-order valence-corrected chi connectivity index (χ3v) is 3.37. The second-order valence-electron chi connectivity index (χ2n) is 5.23.